The Kier molecular flexibility index (Phi) is 5.02. The summed E-state index contributed by atoms with van der Waals surface area (Å²) in [5.41, 5.74) is 3.82. The fraction of sp³-hybridized carbons (Fsp3) is 0.263. The first kappa shape index (κ1) is 16.7. The van der Waals surface area contributed by atoms with E-state index in [1.165, 1.54) is 11.8 Å². The molecule has 4 nitrogen and oxygen atoms in total. The first-order valence-electron chi connectivity index (χ1n) is 7.83. The Hall–Kier alpha value is -2.11. The lowest BCUT2D eigenvalue weighted by Gasteiger charge is -2.16. The van der Waals surface area contributed by atoms with Crippen LogP contribution in [0.2, 0.25) is 0 Å². The van der Waals surface area contributed by atoms with Crippen LogP contribution in [-0.2, 0) is 4.74 Å². The number of ether oxygens (including phenoxy) is 1. The molecule has 0 radical (unpaired) electrons. The summed E-state index contributed by atoms with van der Waals surface area (Å²) in [5, 5.41) is 1.33. The van der Waals surface area contributed by atoms with Gasteiger partial charge in [-0.2, -0.15) is 0 Å². The number of benzene rings is 2. The number of para-hydroxylation sites is 1. The third-order valence-corrected chi connectivity index (χ3v) is 4.98. The van der Waals surface area contributed by atoms with Gasteiger partial charge in [-0.1, -0.05) is 36.0 Å². The third kappa shape index (κ3) is 3.09. The minimum absolute atomic E-state index is 0.0331. The minimum atomic E-state index is -0.0331. The van der Waals surface area contributed by atoms with E-state index in [4.69, 9.17) is 9.72 Å². The van der Waals surface area contributed by atoms with Crippen molar-refractivity contribution in [3.63, 3.8) is 0 Å². The third-order valence-electron chi connectivity index (χ3n) is 4.08. The zero-order chi connectivity index (χ0) is 17.1. The SMILES string of the molecule is COCCSc1nc2ccccc2c(=O)n1-c1cccc(C)c1C. The molecule has 124 valence electrons. The number of rotatable bonds is 5. The Morgan fingerprint density at radius 3 is 2.71 bits per heavy atom. The van der Waals surface area contributed by atoms with Crippen molar-refractivity contribution in [1.82, 2.24) is 9.55 Å². The van der Waals surface area contributed by atoms with Gasteiger partial charge in [0.15, 0.2) is 5.16 Å². The van der Waals surface area contributed by atoms with Crippen molar-refractivity contribution >= 4 is 22.7 Å². The number of thioether (sulfide) groups is 1. The zero-order valence-electron chi connectivity index (χ0n) is 14.1. The quantitative estimate of drug-likeness (QED) is 0.403. The molecule has 0 saturated carbocycles. The molecular weight excluding hydrogens is 320 g/mol. The summed E-state index contributed by atoms with van der Waals surface area (Å²) in [6.07, 6.45) is 0. The first-order valence-corrected chi connectivity index (χ1v) is 8.82. The fourth-order valence-electron chi connectivity index (χ4n) is 2.62. The predicted octanol–water partition coefficient (Wildman–Crippen LogP) is 3.74. The van der Waals surface area contributed by atoms with Crippen LogP contribution in [0.25, 0.3) is 16.6 Å². The van der Waals surface area contributed by atoms with E-state index in [0.29, 0.717) is 17.1 Å². The number of fused-ring (bicyclic) bond motifs is 1. The minimum Gasteiger partial charge on any atom is -0.384 e. The highest BCUT2D eigenvalue weighted by molar-refractivity contribution is 7.99. The van der Waals surface area contributed by atoms with Crippen LogP contribution in [0.5, 0.6) is 0 Å². The molecule has 0 aliphatic heterocycles. The molecule has 1 heterocycles. The van der Waals surface area contributed by atoms with Crippen LogP contribution in [0.3, 0.4) is 0 Å². The Bertz CT molecular complexity index is 934. The first-order chi connectivity index (χ1) is 11.6. The molecule has 5 heteroatoms. The molecule has 0 aliphatic carbocycles. The summed E-state index contributed by atoms with van der Waals surface area (Å²) in [6, 6.07) is 13.5. The second-order valence-electron chi connectivity index (χ2n) is 5.61. The fourth-order valence-corrected chi connectivity index (χ4v) is 3.52. The summed E-state index contributed by atoms with van der Waals surface area (Å²) in [7, 11) is 1.67. The second kappa shape index (κ2) is 7.20. The maximum Gasteiger partial charge on any atom is 0.266 e. The normalized spacial score (nSPS) is 11.1. The Balaban J connectivity index is 2.27. The molecule has 0 atom stereocenters. The van der Waals surface area contributed by atoms with Gasteiger partial charge in [-0.15, -0.1) is 0 Å². The molecule has 0 N–H and O–H groups in total. The van der Waals surface area contributed by atoms with Crippen molar-refractivity contribution in [2.75, 3.05) is 19.5 Å². The number of hydrogen-bond donors (Lipinski definition) is 0. The van der Waals surface area contributed by atoms with Gasteiger partial charge in [-0.25, -0.2) is 4.98 Å². The molecule has 0 fully saturated rings. The molecule has 0 aliphatic rings. The summed E-state index contributed by atoms with van der Waals surface area (Å²) < 4.78 is 6.86. The van der Waals surface area contributed by atoms with Crippen LogP contribution in [0.4, 0.5) is 0 Å². The van der Waals surface area contributed by atoms with E-state index in [1.807, 2.05) is 43.3 Å². The summed E-state index contributed by atoms with van der Waals surface area (Å²) in [6.45, 7) is 4.70. The molecule has 0 spiro atoms. The smallest absolute Gasteiger partial charge is 0.266 e. The van der Waals surface area contributed by atoms with E-state index in [-0.39, 0.29) is 5.56 Å². The molecule has 24 heavy (non-hydrogen) atoms. The van der Waals surface area contributed by atoms with Crippen molar-refractivity contribution in [3.05, 3.63) is 63.9 Å². The van der Waals surface area contributed by atoms with Crippen molar-refractivity contribution in [2.24, 2.45) is 0 Å². The van der Waals surface area contributed by atoms with Crippen molar-refractivity contribution < 1.29 is 4.74 Å². The standard InChI is InChI=1S/C19H20N2O2S/c1-13-7-6-10-17(14(13)2)21-18(22)15-8-4-5-9-16(15)20-19(21)24-12-11-23-3/h4-10H,11-12H2,1-3H3. The van der Waals surface area contributed by atoms with E-state index in [0.717, 1.165) is 28.1 Å². The lowest BCUT2D eigenvalue weighted by Crippen LogP contribution is -2.23. The van der Waals surface area contributed by atoms with Gasteiger partial charge >= 0.3 is 0 Å². The number of aryl methyl sites for hydroxylation is 1. The van der Waals surface area contributed by atoms with Crippen LogP contribution >= 0.6 is 11.8 Å². The van der Waals surface area contributed by atoms with Gasteiger partial charge in [0, 0.05) is 12.9 Å². The largest absolute Gasteiger partial charge is 0.384 e. The van der Waals surface area contributed by atoms with Crippen LogP contribution in [-0.4, -0.2) is 29.0 Å². The van der Waals surface area contributed by atoms with Crippen LogP contribution in [0.1, 0.15) is 11.1 Å². The lowest BCUT2D eigenvalue weighted by atomic mass is 10.1. The Morgan fingerprint density at radius 1 is 1.12 bits per heavy atom. The van der Waals surface area contributed by atoms with Crippen molar-refractivity contribution in [2.45, 2.75) is 19.0 Å². The predicted molar refractivity (Wildman–Crippen MR) is 99.4 cm³/mol. The number of methoxy groups -OCH3 is 1. The lowest BCUT2D eigenvalue weighted by molar-refractivity contribution is 0.218. The monoisotopic (exact) mass is 340 g/mol. The van der Waals surface area contributed by atoms with Gasteiger partial charge in [0.25, 0.3) is 5.56 Å². The Morgan fingerprint density at radius 2 is 1.92 bits per heavy atom. The van der Waals surface area contributed by atoms with Gasteiger partial charge in [0.05, 0.1) is 23.2 Å². The van der Waals surface area contributed by atoms with E-state index < -0.39 is 0 Å². The Labute approximate surface area is 145 Å². The van der Waals surface area contributed by atoms with E-state index >= 15 is 0 Å². The molecule has 0 amide bonds. The second-order valence-corrected chi connectivity index (χ2v) is 6.67. The number of hydrogen-bond acceptors (Lipinski definition) is 4. The van der Waals surface area contributed by atoms with E-state index in [9.17, 15) is 4.79 Å². The molecule has 1 aromatic heterocycles. The van der Waals surface area contributed by atoms with Gasteiger partial charge in [0.2, 0.25) is 0 Å². The molecule has 0 unspecified atom stereocenters. The molecule has 3 aromatic rings. The van der Waals surface area contributed by atoms with Gasteiger partial charge in [-0.05, 0) is 43.2 Å². The van der Waals surface area contributed by atoms with Crippen LogP contribution < -0.4 is 5.56 Å². The average molecular weight is 340 g/mol. The topological polar surface area (TPSA) is 44.1 Å². The summed E-state index contributed by atoms with van der Waals surface area (Å²) >= 11 is 1.54. The van der Waals surface area contributed by atoms with Crippen molar-refractivity contribution in [3.8, 4) is 5.69 Å². The zero-order valence-corrected chi connectivity index (χ0v) is 14.9. The summed E-state index contributed by atoms with van der Waals surface area (Å²) in [5.74, 6) is 0.742. The van der Waals surface area contributed by atoms with Gasteiger partial charge in [0.1, 0.15) is 0 Å². The van der Waals surface area contributed by atoms with Gasteiger partial charge < -0.3 is 4.74 Å². The summed E-state index contributed by atoms with van der Waals surface area (Å²) in [4.78, 5) is 17.8. The van der Waals surface area contributed by atoms with Gasteiger partial charge in [-0.3, -0.25) is 9.36 Å². The van der Waals surface area contributed by atoms with Crippen LogP contribution in [0, 0.1) is 13.8 Å². The van der Waals surface area contributed by atoms with E-state index in [2.05, 4.69) is 13.0 Å². The molecule has 3 rings (SSSR count). The van der Waals surface area contributed by atoms with E-state index in [1.54, 1.807) is 11.7 Å². The van der Waals surface area contributed by atoms with Crippen LogP contribution in [0.15, 0.2) is 52.4 Å². The number of nitrogens with zero attached hydrogens (tertiary/aromatic N) is 2. The highest BCUT2D eigenvalue weighted by atomic mass is 32.2. The average Bonchev–Trinajstić information content (AvgIpc) is 2.59. The highest BCUT2D eigenvalue weighted by Crippen LogP contribution is 2.24. The molecular formula is C19H20N2O2S. The number of aromatic nitrogens is 2. The highest BCUT2D eigenvalue weighted by Gasteiger charge is 2.15. The molecule has 0 saturated heterocycles. The maximum atomic E-state index is 13.1. The maximum absolute atomic E-state index is 13.1. The molecule has 2 aromatic carbocycles. The molecule has 0 bridgehead atoms. The van der Waals surface area contributed by atoms with Crippen molar-refractivity contribution in [1.29, 1.82) is 0 Å².